The van der Waals surface area contributed by atoms with Gasteiger partial charge in [-0.2, -0.15) is 4.89 Å². The molecule has 112 valence electrons. The van der Waals surface area contributed by atoms with E-state index in [-0.39, 0.29) is 23.5 Å². The quantitative estimate of drug-likeness (QED) is 0.382. The minimum Gasteiger partial charge on any atom is -0.479 e. The Balaban J connectivity index is 5.43. The number of aliphatic carboxylic acids is 1. The van der Waals surface area contributed by atoms with Crippen molar-refractivity contribution in [1.82, 2.24) is 0 Å². The van der Waals surface area contributed by atoms with Gasteiger partial charge in [-0.05, 0) is 27.2 Å². The molecule has 0 radical (unpaired) electrons. The van der Waals surface area contributed by atoms with Gasteiger partial charge in [-0.25, -0.2) is 9.59 Å². The van der Waals surface area contributed by atoms with Gasteiger partial charge in [0.2, 0.25) is 0 Å². The molecule has 0 saturated carbocycles. The van der Waals surface area contributed by atoms with Crippen LogP contribution >= 0.6 is 0 Å². The Hall–Kier alpha value is -0.923. The van der Waals surface area contributed by atoms with Gasteiger partial charge in [0.15, 0.2) is 5.60 Å². The maximum atomic E-state index is 12.2. The summed E-state index contributed by atoms with van der Waals surface area (Å²) >= 11 is 0. The van der Waals surface area contributed by atoms with Crippen LogP contribution in [0.3, 0.4) is 0 Å². The van der Waals surface area contributed by atoms with E-state index in [9.17, 15) is 14.7 Å². The molecule has 2 unspecified atom stereocenters. The molecule has 0 fully saturated rings. The van der Waals surface area contributed by atoms with Crippen molar-refractivity contribution in [2.75, 3.05) is 13.2 Å². The molecule has 0 aromatic rings. The number of rotatable bonds is 9. The van der Waals surface area contributed by atoms with Crippen LogP contribution in [0.15, 0.2) is 0 Å². The molecule has 1 N–H and O–H groups in total. The highest BCUT2D eigenvalue weighted by atomic mass is 28.1. The molecule has 0 aliphatic rings. The smallest absolute Gasteiger partial charge is 0.348 e. The van der Waals surface area contributed by atoms with E-state index >= 15 is 0 Å². The largest absolute Gasteiger partial charge is 0.479 e. The summed E-state index contributed by atoms with van der Waals surface area (Å²) in [6.07, 6.45) is 1.04. The van der Waals surface area contributed by atoms with E-state index in [2.05, 4.69) is 4.89 Å². The van der Waals surface area contributed by atoms with Crippen LogP contribution < -0.4 is 0 Å². The molecule has 0 aliphatic heterocycles. The van der Waals surface area contributed by atoms with Crippen LogP contribution in [0.4, 0.5) is 0 Å². The van der Waals surface area contributed by atoms with Crippen LogP contribution in [0.5, 0.6) is 0 Å². The second kappa shape index (κ2) is 7.61. The molecule has 0 heterocycles. The van der Waals surface area contributed by atoms with E-state index in [1.807, 2.05) is 6.92 Å². The second-order valence-corrected chi connectivity index (χ2v) is 6.34. The molecule has 0 aliphatic carbocycles. The summed E-state index contributed by atoms with van der Waals surface area (Å²) in [7, 11) is 0.288. The van der Waals surface area contributed by atoms with Crippen molar-refractivity contribution in [1.29, 1.82) is 0 Å². The fourth-order valence-electron chi connectivity index (χ4n) is 1.99. The van der Waals surface area contributed by atoms with Gasteiger partial charge in [0.1, 0.15) is 0 Å². The first kappa shape index (κ1) is 18.1. The van der Waals surface area contributed by atoms with Crippen LogP contribution in [0, 0.1) is 0 Å². The van der Waals surface area contributed by atoms with E-state index in [1.165, 1.54) is 6.92 Å². The summed E-state index contributed by atoms with van der Waals surface area (Å²) in [6, 6.07) is 0. The maximum absolute atomic E-state index is 12.2. The average molecular weight is 292 g/mol. The van der Waals surface area contributed by atoms with Gasteiger partial charge in [0.25, 0.3) is 0 Å². The standard InChI is InChI=1S/C12H24O6Si/c1-5-8-12(19,10(15)18-17-7-3)11(4,9(13)14)16-6-2/h5-8H2,1-4,19H3,(H,13,14). The second-order valence-electron chi connectivity index (χ2n) is 4.63. The first-order valence-electron chi connectivity index (χ1n) is 6.51. The van der Waals surface area contributed by atoms with Crippen molar-refractivity contribution < 1.29 is 29.2 Å². The van der Waals surface area contributed by atoms with Gasteiger partial charge in [-0.3, -0.25) is 4.89 Å². The number of hydrogen-bond acceptors (Lipinski definition) is 5. The first-order valence-corrected chi connectivity index (χ1v) is 7.51. The Labute approximate surface area is 116 Å². The topological polar surface area (TPSA) is 82.1 Å². The fraction of sp³-hybridized carbons (Fsp3) is 0.833. The molecular formula is C12H24O6Si. The Morgan fingerprint density at radius 1 is 1.21 bits per heavy atom. The minimum absolute atomic E-state index is 0.207. The Morgan fingerprint density at radius 3 is 2.16 bits per heavy atom. The summed E-state index contributed by atoms with van der Waals surface area (Å²) in [6.45, 7) is 7.11. The third-order valence-electron chi connectivity index (χ3n) is 3.35. The molecule has 0 amide bonds. The highest BCUT2D eigenvalue weighted by Gasteiger charge is 2.57. The Kier molecular flexibility index (Phi) is 7.24. The van der Waals surface area contributed by atoms with Crippen molar-refractivity contribution in [2.45, 2.75) is 51.2 Å². The van der Waals surface area contributed by atoms with Crippen LogP contribution in [-0.2, 0) is 24.1 Å². The van der Waals surface area contributed by atoms with E-state index in [0.717, 1.165) is 0 Å². The summed E-state index contributed by atoms with van der Waals surface area (Å²) in [5.74, 6) is -1.83. The number of carboxylic acids is 1. The zero-order chi connectivity index (χ0) is 15.1. The van der Waals surface area contributed by atoms with Crippen LogP contribution in [-0.4, -0.2) is 46.1 Å². The van der Waals surface area contributed by atoms with Crippen LogP contribution in [0.25, 0.3) is 0 Å². The van der Waals surface area contributed by atoms with Crippen LogP contribution in [0.2, 0.25) is 5.04 Å². The zero-order valence-corrected chi connectivity index (χ0v) is 14.3. The minimum atomic E-state index is -1.60. The summed E-state index contributed by atoms with van der Waals surface area (Å²) in [5.41, 5.74) is -1.60. The van der Waals surface area contributed by atoms with Gasteiger partial charge in [0.05, 0.1) is 11.6 Å². The predicted octanol–water partition coefficient (Wildman–Crippen LogP) is 0.685. The van der Waals surface area contributed by atoms with Gasteiger partial charge < -0.3 is 9.84 Å². The predicted molar refractivity (Wildman–Crippen MR) is 72.9 cm³/mol. The summed E-state index contributed by atoms with van der Waals surface area (Å²) in [4.78, 5) is 33.1. The highest BCUT2D eigenvalue weighted by molar-refractivity contribution is 6.30. The van der Waals surface area contributed by atoms with Crippen LogP contribution in [0.1, 0.15) is 40.5 Å². The first-order chi connectivity index (χ1) is 8.80. The molecule has 7 heteroatoms. The summed E-state index contributed by atoms with van der Waals surface area (Å²) in [5, 5.41) is 8.27. The van der Waals surface area contributed by atoms with Crippen molar-refractivity contribution in [2.24, 2.45) is 0 Å². The SMILES string of the molecule is CCCC([SiH3])(C(=O)OOCC)C(C)(OCC)C(=O)O. The van der Waals surface area contributed by atoms with Crippen molar-refractivity contribution >= 4 is 22.2 Å². The molecule has 6 nitrogen and oxygen atoms in total. The monoisotopic (exact) mass is 292 g/mol. The number of carboxylic acid groups (broad SMARTS) is 1. The molecule has 19 heavy (non-hydrogen) atoms. The fourth-order valence-corrected chi connectivity index (χ4v) is 2.93. The van der Waals surface area contributed by atoms with Crippen molar-refractivity contribution in [3.63, 3.8) is 0 Å². The van der Waals surface area contributed by atoms with E-state index in [4.69, 9.17) is 9.62 Å². The molecule has 0 spiro atoms. The number of hydrogen-bond donors (Lipinski definition) is 1. The number of ether oxygens (including phenoxy) is 1. The zero-order valence-electron chi connectivity index (χ0n) is 12.3. The molecular weight excluding hydrogens is 268 g/mol. The van der Waals surface area contributed by atoms with Crippen molar-refractivity contribution in [3.8, 4) is 0 Å². The van der Waals surface area contributed by atoms with Gasteiger partial charge in [-0.15, -0.1) is 0 Å². The van der Waals surface area contributed by atoms with E-state index < -0.39 is 22.6 Å². The molecule has 0 saturated heterocycles. The summed E-state index contributed by atoms with van der Waals surface area (Å²) < 4.78 is 5.39. The lowest BCUT2D eigenvalue weighted by Gasteiger charge is -2.40. The molecule has 0 bridgehead atoms. The van der Waals surface area contributed by atoms with Crippen molar-refractivity contribution in [3.05, 3.63) is 0 Å². The lowest BCUT2D eigenvalue weighted by molar-refractivity contribution is -0.277. The van der Waals surface area contributed by atoms with E-state index in [0.29, 0.717) is 12.8 Å². The maximum Gasteiger partial charge on any atom is 0.348 e. The van der Waals surface area contributed by atoms with E-state index in [1.54, 1.807) is 13.8 Å². The lowest BCUT2D eigenvalue weighted by atomic mass is 9.83. The van der Waals surface area contributed by atoms with Gasteiger partial charge in [-0.1, -0.05) is 13.3 Å². The molecule has 0 rings (SSSR count). The Morgan fingerprint density at radius 2 is 1.79 bits per heavy atom. The molecule has 0 aromatic carbocycles. The third kappa shape index (κ3) is 3.77. The molecule has 2 atom stereocenters. The normalized spacial score (nSPS) is 17.5. The lowest BCUT2D eigenvalue weighted by Crippen LogP contribution is -2.54. The highest BCUT2D eigenvalue weighted by Crippen LogP contribution is 2.44. The average Bonchev–Trinajstić information content (AvgIpc) is 2.35. The number of carbonyl (C=O) groups excluding carboxylic acids is 1. The Bertz CT molecular complexity index is 321. The number of carbonyl (C=O) groups is 2. The van der Waals surface area contributed by atoms with Gasteiger partial charge >= 0.3 is 11.9 Å². The third-order valence-corrected chi connectivity index (χ3v) is 5.21. The molecule has 0 aromatic heterocycles. The van der Waals surface area contributed by atoms with Gasteiger partial charge in [0, 0.05) is 16.8 Å².